The molecule has 0 atom stereocenters. The van der Waals surface area contributed by atoms with Gasteiger partial charge in [-0.25, -0.2) is 4.79 Å². The number of ether oxygens (including phenoxy) is 1. The van der Waals surface area contributed by atoms with Gasteiger partial charge in [0.1, 0.15) is 12.1 Å². The summed E-state index contributed by atoms with van der Waals surface area (Å²) in [6.45, 7) is 13.3. The van der Waals surface area contributed by atoms with Crippen LogP contribution in [0, 0.1) is 0 Å². The van der Waals surface area contributed by atoms with Gasteiger partial charge in [0.15, 0.2) is 0 Å². The van der Waals surface area contributed by atoms with Crippen molar-refractivity contribution in [3.8, 4) is 0 Å². The van der Waals surface area contributed by atoms with Crippen LogP contribution in [-0.4, -0.2) is 30.7 Å². The molecule has 2 aromatic carbocycles. The molecule has 0 aromatic heterocycles. The first-order valence-corrected chi connectivity index (χ1v) is 10.5. The van der Waals surface area contributed by atoms with E-state index in [0.29, 0.717) is 17.8 Å². The summed E-state index contributed by atoms with van der Waals surface area (Å²) in [5.41, 5.74) is 2.78. The van der Waals surface area contributed by atoms with Crippen molar-refractivity contribution < 1.29 is 19.2 Å². The molecule has 0 unspecified atom stereocenters. The van der Waals surface area contributed by atoms with Gasteiger partial charge in [-0.05, 0) is 58.4 Å². The lowest BCUT2D eigenvalue weighted by Crippen LogP contribution is -3.10. The maximum Gasteiger partial charge on any atom is 0.412 e. The summed E-state index contributed by atoms with van der Waals surface area (Å²) in [4.78, 5) is 26.1. The summed E-state index contributed by atoms with van der Waals surface area (Å²) >= 11 is 0. The Morgan fingerprint density at radius 1 is 0.967 bits per heavy atom. The fraction of sp³-hybridized carbons (Fsp3) is 0.417. The van der Waals surface area contributed by atoms with Gasteiger partial charge in [-0.3, -0.25) is 10.1 Å². The molecule has 0 aliphatic carbocycles. The van der Waals surface area contributed by atoms with Gasteiger partial charge in [-0.15, -0.1) is 0 Å². The number of rotatable bonds is 8. The van der Waals surface area contributed by atoms with Crippen molar-refractivity contribution in [1.82, 2.24) is 5.32 Å². The van der Waals surface area contributed by atoms with E-state index in [4.69, 9.17) is 4.74 Å². The minimum Gasteiger partial charge on any atom is -0.444 e. The van der Waals surface area contributed by atoms with Crippen molar-refractivity contribution in [3.05, 3.63) is 65.2 Å². The number of anilines is 1. The summed E-state index contributed by atoms with van der Waals surface area (Å²) in [5, 5.41) is 5.66. The number of carbonyl (C=O) groups is 2. The first kappa shape index (κ1) is 23.4. The molecule has 2 rings (SSSR count). The zero-order valence-electron chi connectivity index (χ0n) is 18.7. The van der Waals surface area contributed by atoms with E-state index in [1.54, 1.807) is 45.0 Å². The SMILES string of the molecule is CC[NH+](CC)Cc1ccccc1CNC(=O)c1cccc(NC(=O)OC(C)(C)C)c1. The van der Waals surface area contributed by atoms with Crippen LogP contribution in [0.15, 0.2) is 48.5 Å². The van der Waals surface area contributed by atoms with E-state index in [2.05, 4.69) is 36.6 Å². The fourth-order valence-corrected chi connectivity index (χ4v) is 3.11. The predicted octanol–water partition coefficient (Wildman–Crippen LogP) is 3.39. The highest BCUT2D eigenvalue weighted by Crippen LogP contribution is 2.14. The fourth-order valence-electron chi connectivity index (χ4n) is 3.11. The molecule has 2 amide bonds. The third kappa shape index (κ3) is 7.52. The van der Waals surface area contributed by atoms with Crippen molar-refractivity contribution in [2.24, 2.45) is 0 Å². The summed E-state index contributed by atoms with van der Waals surface area (Å²) in [5.74, 6) is -0.187. The minimum absolute atomic E-state index is 0.187. The number of nitrogens with one attached hydrogen (secondary N) is 3. The van der Waals surface area contributed by atoms with Crippen LogP contribution in [0.3, 0.4) is 0 Å². The zero-order valence-corrected chi connectivity index (χ0v) is 18.7. The van der Waals surface area contributed by atoms with Crippen LogP contribution < -0.4 is 15.5 Å². The van der Waals surface area contributed by atoms with Crippen LogP contribution in [0.4, 0.5) is 10.5 Å². The number of quaternary nitrogens is 1. The Kier molecular flexibility index (Phi) is 8.42. The minimum atomic E-state index is -0.584. The highest BCUT2D eigenvalue weighted by Gasteiger charge is 2.17. The highest BCUT2D eigenvalue weighted by molar-refractivity contribution is 5.96. The van der Waals surface area contributed by atoms with E-state index in [-0.39, 0.29) is 5.91 Å². The molecular formula is C24H34N3O3+. The Balaban J connectivity index is 2.02. The Morgan fingerprint density at radius 3 is 2.27 bits per heavy atom. The topological polar surface area (TPSA) is 71.9 Å². The average molecular weight is 413 g/mol. The molecule has 0 aliphatic rings. The van der Waals surface area contributed by atoms with E-state index in [1.165, 1.54) is 10.5 Å². The van der Waals surface area contributed by atoms with Crippen LogP contribution in [0.2, 0.25) is 0 Å². The van der Waals surface area contributed by atoms with Crippen LogP contribution in [0.5, 0.6) is 0 Å². The lowest BCUT2D eigenvalue weighted by molar-refractivity contribution is -0.910. The summed E-state index contributed by atoms with van der Waals surface area (Å²) in [6, 6.07) is 15.0. The van der Waals surface area contributed by atoms with E-state index >= 15 is 0 Å². The summed E-state index contributed by atoms with van der Waals surface area (Å²) in [7, 11) is 0. The molecule has 3 N–H and O–H groups in total. The number of hydrogen-bond acceptors (Lipinski definition) is 3. The largest absolute Gasteiger partial charge is 0.444 e. The Hall–Kier alpha value is -2.86. The van der Waals surface area contributed by atoms with Crippen LogP contribution in [-0.2, 0) is 17.8 Å². The quantitative estimate of drug-likeness (QED) is 0.622. The Morgan fingerprint density at radius 2 is 1.63 bits per heavy atom. The van der Waals surface area contributed by atoms with Crippen molar-refractivity contribution in [3.63, 3.8) is 0 Å². The molecule has 0 heterocycles. The Bertz CT molecular complexity index is 855. The number of benzene rings is 2. The molecule has 2 aromatic rings. The molecule has 0 radical (unpaired) electrons. The van der Waals surface area contributed by atoms with Gasteiger partial charge < -0.3 is 15.0 Å². The van der Waals surface area contributed by atoms with Crippen molar-refractivity contribution in [2.75, 3.05) is 18.4 Å². The standard InChI is InChI=1S/C24H33N3O3/c1-6-27(7-2)17-20-12-9-8-11-19(20)16-25-22(28)18-13-10-14-21(15-18)26-23(29)30-24(3,4)5/h8-15H,6-7,16-17H2,1-5H3,(H,25,28)(H,26,29)/p+1. The smallest absolute Gasteiger partial charge is 0.412 e. The van der Waals surface area contributed by atoms with E-state index < -0.39 is 11.7 Å². The predicted molar refractivity (Wildman–Crippen MR) is 120 cm³/mol. The van der Waals surface area contributed by atoms with Crippen LogP contribution in [0.1, 0.15) is 56.1 Å². The molecule has 0 fully saturated rings. The molecule has 6 heteroatoms. The number of amides is 2. The van der Waals surface area contributed by atoms with Gasteiger partial charge >= 0.3 is 6.09 Å². The maximum atomic E-state index is 12.7. The second-order valence-corrected chi connectivity index (χ2v) is 8.29. The molecule has 6 nitrogen and oxygen atoms in total. The lowest BCUT2D eigenvalue weighted by Gasteiger charge is -2.19. The molecule has 0 spiro atoms. The van der Waals surface area contributed by atoms with Gasteiger partial charge in [-0.1, -0.05) is 30.3 Å². The molecule has 0 saturated carbocycles. The molecular weight excluding hydrogens is 378 g/mol. The van der Waals surface area contributed by atoms with Crippen LogP contribution in [0.25, 0.3) is 0 Å². The maximum absolute atomic E-state index is 12.7. The second kappa shape index (κ2) is 10.8. The lowest BCUT2D eigenvalue weighted by atomic mass is 10.1. The second-order valence-electron chi connectivity index (χ2n) is 8.29. The molecule has 30 heavy (non-hydrogen) atoms. The van der Waals surface area contributed by atoms with Crippen molar-refractivity contribution in [1.29, 1.82) is 0 Å². The molecule has 0 aliphatic heterocycles. The Labute approximate surface area is 179 Å². The van der Waals surface area contributed by atoms with Gasteiger partial charge in [0, 0.05) is 23.4 Å². The van der Waals surface area contributed by atoms with Gasteiger partial charge in [0.25, 0.3) is 5.91 Å². The molecule has 0 bridgehead atoms. The number of carbonyl (C=O) groups excluding carboxylic acids is 2. The molecule has 162 valence electrons. The monoisotopic (exact) mass is 412 g/mol. The van der Waals surface area contributed by atoms with Gasteiger partial charge in [0.05, 0.1) is 13.1 Å². The van der Waals surface area contributed by atoms with Gasteiger partial charge in [-0.2, -0.15) is 0 Å². The molecule has 0 saturated heterocycles. The van der Waals surface area contributed by atoms with E-state index in [9.17, 15) is 9.59 Å². The van der Waals surface area contributed by atoms with E-state index in [1.807, 2.05) is 12.1 Å². The normalized spacial score (nSPS) is 11.3. The van der Waals surface area contributed by atoms with Crippen molar-refractivity contribution >= 4 is 17.7 Å². The third-order valence-electron chi connectivity index (χ3n) is 4.77. The van der Waals surface area contributed by atoms with Crippen LogP contribution >= 0.6 is 0 Å². The average Bonchev–Trinajstić information content (AvgIpc) is 2.69. The zero-order chi connectivity index (χ0) is 22.1. The van der Waals surface area contributed by atoms with E-state index in [0.717, 1.165) is 25.2 Å². The highest BCUT2D eigenvalue weighted by atomic mass is 16.6. The summed E-state index contributed by atoms with van der Waals surface area (Å²) < 4.78 is 5.26. The first-order chi connectivity index (χ1) is 14.2. The van der Waals surface area contributed by atoms with Crippen molar-refractivity contribution in [2.45, 2.75) is 53.3 Å². The third-order valence-corrected chi connectivity index (χ3v) is 4.77. The number of hydrogen-bond donors (Lipinski definition) is 3. The summed E-state index contributed by atoms with van der Waals surface area (Å²) in [6.07, 6.45) is -0.548. The van der Waals surface area contributed by atoms with Gasteiger partial charge in [0.2, 0.25) is 0 Å². The first-order valence-electron chi connectivity index (χ1n) is 10.5.